The van der Waals surface area contributed by atoms with Crippen molar-refractivity contribution >= 4 is 5.91 Å². The number of carbonyl (C=O) groups is 1. The minimum atomic E-state index is 0.0673. The van der Waals surface area contributed by atoms with Gasteiger partial charge in [0, 0.05) is 26.1 Å². The summed E-state index contributed by atoms with van der Waals surface area (Å²) < 4.78 is 5.03. The first-order valence-corrected chi connectivity index (χ1v) is 6.50. The summed E-state index contributed by atoms with van der Waals surface area (Å²) in [5, 5.41) is 15.5. The SMILES string of the molecule is CCCNC(=O)CCNCc1ccc(O)c(OC)c1. The Morgan fingerprint density at radius 2 is 2.16 bits per heavy atom. The number of hydrogen-bond donors (Lipinski definition) is 3. The number of phenols is 1. The summed E-state index contributed by atoms with van der Waals surface area (Å²) in [5.41, 5.74) is 1.00. The molecule has 0 bridgehead atoms. The van der Waals surface area contributed by atoms with Crippen LogP contribution in [0.3, 0.4) is 0 Å². The van der Waals surface area contributed by atoms with Crippen molar-refractivity contribution in [3.05, 3.63) is 23.8 Å². The second kappa shape index (κ2) is 8.37. The number of aromatic hydroxyl groups is 1. The summed E-state index contributed by atoms with van der Waals surface area (Å²) in [7, 11) is 1.52. The zero-order valence-corrected chi connectivity index (χ0v) is 11.5. The Balaban J connectivity index is 2.27. The van der Waals surface area contributed by atoms with Crippen LogP contribution in [0.2, 0.25) is 0 Å². The molecule has 5 nitrogen and oxygen atoms in total. The quantitative estimate of drug-likeness (QED) is 0.622. The van der Waals surface area contributed by atoms with Gasteiger partial charge in [-0.05, 0) is 24.1 Å². The van der Waals surface area contributed by atoms with E-state index in [2.05, 4.69) is 10.6 Å². The molecule has 0 radical (unpaired) electrons. The van der Waals surface area contributed by atoms with Gasteiger partial charge in [-0.3, -0.25) is 4.79 Å². The van der Waals surface area contributed by atoms with E-state index in [0.717, 1.165) is 18.5 Å². The summed E-state index contributed by atoms with van der Waals surface area (Å²) >= 11 is 0. The highest BCUT2D eigenvalue weighted by Crippen LogP contribution is 2.25. The molecule has 0 saturated heterocycles. The average Bonchev–Trinajstić information content (AvgIpc) is 2.42. The van der Waals surface area contributed by atoms with Crippen molar-refractivity contribution in [3.8, 4) is 11.5 Å². The smallest absolute Gasteiger partial charge is 0.221 e. The van der Waals surface area contributed by atoms with Crippen molar-refractivity contribution in [2.75, 3.05) is 20.2 Å². The Kier molecular flexibility index (Phi) is 6.74. The Morgan fingerprint density at radius 1 is 1.37 bits per heavy atom. The molecule has 3 N–H and O–H groups in total. The van der Waals surface area contributed by atoms with Crippen LogP contribution in [-0.2, 0) is 11.3 Å². The van der Waals surface area contributed by atoms with Gasteiger partial charge in [0.15, 0.2) is 11.5 Å². The lowest BCUT2D eigenvalue weighted by Gasteiger charge is -2.08. The molecule has 1 amide bonds. The molecule has 0 aromatic heterocycles. The van der Waals surface area contributed by atoms with E-state index in [1.54, 1.807) is 12.1 Å². The molecule has 106 valence electrons. The molecule has 0 aliphatic carbocycles. The van der Waals surface area contributed by atoms with E-state index in [0.29, 0.717) is 25.3 Å². The zero-order chi connectivity index (χ0) is 14.1. The molecule has 5 heteroatoms. The summed E-state index contributed by atoms with van der Waals surface area (Å²) in [6.07, 6.45) is 1.42. The summed E-state index contributed by atoms with van der Waals surface area (Å²) in [6.45, 7) is 4.02. The normalized spacial score (nSPS) is 10.2. The number of amides is 1. The van der Waals surface area contributed by atoms with Crippen LogP contribution in [0, 0.1) is 0 Å². The van der Waals surface area contributed by atoms with Crippen LogP contribution in [0.1, 0.15) is 25.3 Å². The number of ether oxygens (including phenoxy) is 1. The van der Waals surface area contributed by atoms with Crippen molar-refractivity contribution in [2.24, 2.45) is 0 Å². The number of carbonyl (C=O) groups excluding carboxylic acids is 1. The Bertz CT molecular complexity index is 408. The Morgan fingerprint density at radius 3 is 2.84 bits per heavy atom. The first-order chi connectivity index (χ1) is 9.17. The van der Waals surface area contributed by atoms with E-state index < -0.39 is 0 Å². The predicted molar refractivity (Wildman–Crippen MR) is 74.3 cm³/mol. The topological polar surface area (TPSA) is 70.6 Å². The average molecular weight is 266 g/mol. The van der Waals surface area contributed by atoms with Crippen LogP contribution >= 0.6 is 0 Å². The van der Waals surface area contributed by atoms with Gasteiger partial charge in [0.1, 0.15) is 0 Å². The van der Waals surface area contributed by atoms with Gasteiger partial charge in [-0.15, -0.1) is 0 Å². The van der Waals surface area contributed by atoms with Crippen LogP contribution in [0.4, 0.5) is 0 Å². The van der Waals surface area contributed by atoms with Crippen molar-refractivity contribution in [3.63, 3.8) is 0 Å². The van der Waals surface area contributed by atoms with Crippen LogP contribution in [0.25, 0.3) is 0 Å². The fourth-order valence-corrected chi connectivity index (χ4v) is 1.62. The summed E-state index contributed by atoms with van der Waals surface area (Å²) in [4.78, 5) is 11.4. The van der Waals surface area contributed by atoms with Crippen LogP contribution < -0.4 is 15.4 Å². The number of rotatable bonds is 8. The van der Waals surface area contributed by atoms with Crippen LogP contribution in [-0.4, -0.2) is 31.2 Å². The highest BCUT2D eigenvalue weighted by Gasteiger charge is 2.03. The molecule has 0 heterocycles. The molecule has 0 fully saturated rings. The third kappa shape index (κ3) is 5.61. The van der Waals surface area contributed by atoms with Gasteiger partial charge in [0.05, 0.1) is 7.11 Å². The van der Waals surface area contributed by atoms with Crippen molar-refractivity contribution in [2.45, 2.75) is 26.3 Å². The first-order valence-electron chi connectivity index (χ1n) is 6.50. The van der Waals surface area contributed by atoms with Gasteiger partial charge < -0.3 is 20.5 Å². The largest absolute Gasteiger partial charge is 0.504 e. The molecular formula is C14H22N2O3. The number of nitrogens with one attached hydrogen (secondary N) is 2. The third-order valence-electron chi connectivity index (χ3n) is 2.67. The molecule has 1 rings (SSSR count). The lowest BCUT2D eigenvalue weighted by molar-refractivity contribution is -0.120. The fourth-order valence-electron chi connectivity index (χ4n) is 1.62. The number of hydrogen-bond acceptors (Lipinski definition) is 4. The van der Waals surface area contributed by atoms with E-state index in [-0.39, 0.29) is 11.7 Å². The molecule has 0 aliphatic heterocycles. The summed E-state index contributed by atoms with van der Waals surface area (Å²) in [6, 6.07) is 5.20. The summed E-state index contributed by atoms with van der Waals surface area (Å²) in [5.74, 6) is 0.655. The molecule has 1 aromatic carbocycles. The van der Waals surface area contributed by atoms with Crippen molar-refractivity contribution in [1.82, 2.24) is 10.6 Å². The van der Waals surface area contributed by atoms with E-state index in [1.807, 2.05) is 13.0 Å². The van der Waals surface area contributed by atoms with Crippen LogP contribution in [0.15, 0.2) is 18.2 Å². The number of phenolic OH excluding ortho intramolecular Hbond substituents is 1. The minimum absolute atomic E-state index is 0.0673. The number of methoxy groups -OCH3 is 1. The first kappa shape index (κ1) is 15.3. The van der Waals surface area contributed by atoms with E-state index in [9.17, 15) is 9.90 Å². The van der Waals surface area contributed by atoms with Gasteiger partial charge in [-0.1, -0.05) is 13.0 Å². The maximum atomic E-state index is 11.4. The van der Waals surface area contributed by atoms with E-state index >= 15 is 0 Å². The maximum absolute atomic E-state index is 11.4. The van der Waals surface area contributed by atoms with Gasteiger partial charge in [0.25, 0.3) is 0 Å². The van der Waals surface area contributed by atoms with Gasteiger partial charge in [-0.2, -0.15) is 0 Å². The third-order valence-corrected chi connectivity index (χ3v) is 2.67. The minimum Gasteiger partial charge on any atom is -0.504 e. The molecule has 0 unspecified atom stereocenters. The second-order valence-corrected chi connectivity index (χ2v) is 4.28. The Labute approximate surface area is 114 Å². The van der Waals surface area contributed by atoms with Gasteiger partial charge in [0.2, 0.25) is 5.91 Å². The maximum Gasteiger partial charge on any atom is 0.221 e. The van der Waals surface area contributed by atoms with Crippen molar-refractivity contribution in [1.29, 1.82) is 0 Å². The van der Waals surface area contributed by atoms with Crippen LogP contribution in [0.5, 0.6) is 11.5 Å². The molecule has 0 aliphatic rings. The molecule has 0 atom stereocenters. The molecule has 19 heavy (non-hydrogen) atoms. The fraction of sp³-hybridized carbons (Fsp3) is 0.500. The van der Waals surface area contributed by atoms with E-state index in [4.69, 9.17) is 4.74 Å². The highest BCUT2D eigenvalue weighted by atomic mass is 16.5. The molecule has 0 spiro atoms. The zero-order valence-electron chi connectivity index (χ0n) is 11.5. The molecular weight excluding hydrogens is 244 g/mol. The van der Waals surface area contributed by atoms with Crippen molar-refractivity contribution < 1.29 is 14.6 Å². The monoisotopic (exact) mass is 266 g/mol. The molecule has 0 saturated carbocycles. The Hall–Kier alpha value is -1.75. The van der Waals surface area contributed by atoms with E-state index in [1.165, 1.54) is 7.11 Å². The number of benzene rings is 1. The van der Waals surface area contributed by atoms with Gasteiger partial charge >= 0.3 is 0 Å². The molecule has 1 aromatic rings. The predicted octanol–water partition coefficient (Wildman–Crippen LogP) is 1.41. The standard InChI is InChI=1S/C14H22N2O3/c1-3-7-16-14(18)6-8-15-10-11-4-5-12(17)13(9-11)19-2/h4-5,9,15,17H,3,6-8,10H2,1-2H3,(H,16,18). The lowest BCUT2D eigenvalue weighted by atomic mass is 10.2. The lowest BCUT2D eigenvalue weighted by Crippen LogP contribution is -2.28. The highest BCUT2D eigenvalue weighted by molar-refractivity contribution is 5.75. The van der Waals surface area contributed by atoms with Gasteiger partial charge in [-0.25, -0.2) is 0 Å². The second-order valence-electron chi connectivity index (χ2n) is 4.28.